The van der Waals surface area contributed by atoms with Crippen LogP contribution < -0.4 is 10.6 Å². The standard InChI is InChI=1S/C23H25N3O3/c1-15-7-5-6-8-18(15)24-20(27)14-26-21(28)19(25-22(26)29)13-16-9-11-17(12-10-16)23(2,3)4/h5-13H,14H2,1-4H3,(H,24,27)(H,25,29)/b19-13-. The third-order valence-electron chi connectivity index (χ3n) is 4.77. The molecular formula is C23H25N3O3. The average molecular weight is 391 g/mol. The van der Waals surface area contributed by atoms with Crippen LogP contribution in [-0.4, -0.2) is 29.3 Å². The Morgan fingerprint density at radius 3 is 2.34 bits per heavy atom. The lowest BCUT2D eigenvalue weighted by Gasteiger charge is -2.18. The van der Waals surface area contributed by atoms with Gasteiger partial charge in [0, 0.05) is 5.69 Å². The third-order valence-corrected chi connectivity index (χ3v) is 4.77. The maximum Gasteiger partial charge on any atom is 0.329 e. The number of benzene rings is 2. The van der Waals surface area contributed by atoms with Gasteiger partial charge in [0.2, 0.25) is 5.91 Å². The number of imide groups is 1. The third kappa shape index (κ3) is 4.71. The van der Waals surface area contributed by atoms with E-state index in [-0.39, 0.29) is 17.7 Å². The van der Waals surface area contributed by atoms with Gasteiger partial charge in [-0.15, -0.1) is 0 Å². The molecule has 0 spiro atoms. The summed E-state index contributed by atoms with van der Waals surface area (Å²) in [4.78, 5) is 38.0. The second kappa shape index (κ2) is 7.91. The lowest BCUT2D eigenvalue weighted by molar-refractivity contribution is -0.127. The molecule has 0 bridgehead atoms. The van der Waals surface area contributed by atoms with Gasteiger partial charge in [-0.3, -0.25) is 9.59 Å². The zero-order valence-electron chi connectivity index (χ0n) is 17.1. The highest BCUT2D eigenvalue weighted by Crippen LogP contribution is 2.23. The van der Waals surface area contributed by atoms with E-state index in [1.807, 2.05) is 49.4 Å². The van der Waals surface area contributed by atoms with Gasteiger partial charge in [-0.2, -0.15) is 0 Å². The van der Waals surface area contributed by atoms with E-state index in [2.05, 4.69) is 31.4 Å². The summed E-state index contributed by atoms with van der Waals surface area (Å²) < 4.78 is 0. The second-order valence-corrected chi connectivity index (χ2v) is 8.11. The van der Waals surface area contributed by atoms with Crippen molar-refractivity contribution in [2.45, 2.75) is 33.1 Å². The molecule has 1 aliphatic heterocycles. The van der Waals surface area contributed by atoms with Crippen LogP contribution in [0.15, 0.2) is 54.2 Å². The van der Waals surface area contributed by atoms with Crippen molar-refractivity contribution in [3.05, 3.63) is 70.9 Å². The normalized spacial score (nSPS) is 15.6. The molecule has 0 saturated carbocycles. The van der Waals surface area contributed by atoms with Gasteiger partial charge in [0.15, 0.2) is 0 Å². The van der Waals surface area contributed by atoms with Crippen molar-refractivity contribution in [3.8, 4) is 0 Å². The van der Waals surface area contributed by atoms with Gasteiger partial charge in [0.05, 0.1) is 0 Å². The van der Waals surface area contributed by atoms with E-state index in [1.165, 1.54) is 5.56 Å². The van der Waals surface area contributed by atoms with Crippen molar-refractivity contribution in [1.82, 2.24) is 10.2 Å². The van der Waals surface area contributed by atoms with E-state index < -0.39 is 17.8 Å². The maximum absolute atomic E-state index is 12.6. The molecule has 1 saturated heterocycles. The Bertz CT molecular complexity index is 985. The molecule has 2 N–H and O–H groups in total. The fraction of sp³-hybridized carbons (Fsp3) is 0.261. The largest absolute Gasteiger partial charge is 0.329 e. The van der Waals surface area contributed by atoms with Crippen molar-refractivity contribution in [3.63, 3.8) is 0 Å². The molecule has 1 heterocycles. The summed E-state index contributed by atoms with van der Waals surface area (Å²) in [6.07, 6.45) is 1.62. The van der Waals surface area contributed by atoms with Gasteiger partial charge < -0.3 is 10.6 Å². The summed E-state index contributed by atoms with van der Waals surface area (Å²) in [5.41, 5.74) is 3.72. The van der Waals surface area contributed by atoms with Crippen LogP contribution in [0.3, 0.4) is 0 Å². The number of rotatable bonds is 4. The Balaban J connectivity index is 1.70. The maximum atomic E-state index is 12.6. The fourth-order valence-corrected chi connectivity index (χ4v) is 3.01. The number of hydrogen-bond acceptors (Lipinski definition) is 3. The first-order chi connectivity index (χ1) is 13.6. The first-order valence-corrected chi connectivity index (χ1v) is 9.46. The molecule has 6 nitrogen and oxygen atoms in total. The Labute approximate surface area is 170 Å². The first kappa shape index (κ1) is 20.3. The molecular weight excluding hydrogens is 366 g/mol. The van der Waals surface area contributed by atoms with Crippen molar-refractivity contribution < 1.29 is 14.4 Å². The topological polar surface area (TPSA) is 78.5 Å². The predicted molar refractivity (Wildman–Crippen MR) is 113 cm³/mol. The van der Waals surface area contributed by atoms with Gasteiger partial charge in [-0.1, -0.05) is 63.2 Å². The summed E-state index contributed by atoms with van der Waals surface area (Å²) >= 11 is 0. The molecule has 3 rings (SSSR count). The van der Waals surface area contributed by atoms with E-state index in [4.69, 9.17) is 0 Å². The van der Waals surface area contributed by atoms with Crippen LogP contribution in [0.5, 0.6) is 0 Å². The van der Waals surface area contributed by atoms with E-state index in [0.717, 1.165) is 16.0 Å². The van der Waals surface area contributed by atoms with Crippen LogP contribution in [0.1, 0.15) is 37.5 Å². The molecule has 2 aromatic carbocycles. The highest BCUT2D eigenvalue weighted by molar-refractivity contribution is 6.15. The molecule has 4 amide bonds. The number of carbonyl (C=O) groups is 3. The zero-order valence-corrected chi connectivity index (χ0v) is 17.1. The molecule has 0 aromatic heterocycles. The SMILES string of the molecule is Cc1ccccc1NC(=O)CN1C(=O)N/C(=C\c2ccc(C(C)(C)C)cc2)C1=O. The molecule has 150 valence electrons. The van der Waals surface area contributed by atoms with Gasteiger partial charge in [-0.05, 0) is 41.2 Å². The molecule has 0 aliphatic carbocycles. The number of carbonyl (C=O) groups excluding carboxylic acids is 3. The molecule has 6 heteroatoms. The molecule has 1 aliphatic rings. The molecule has 0 unspecified atom stereocenters. The monoisotopic (exact) mass is 391 g/mol. The van der Waals surface area contributed by atoms with Crippen molar-refractivity contribution >= 4 is 29.6 Å². The number of aryl methyl sites for hydroxylation is 1. The van der Waals surface area contributed by atoms with Crippen molar-refractivity contribution in [1.29, 1.82) is 0 Å². The van der Waals surface area contributed by atoms with E-state index in [9.17, 15) is 14.4 Å². The number of para-hydroxylation sites is 1. The molecule has 2 aromatic rings. The minimum absolute atomic E-state index is 0.0321. The summed E-state index contributed by atoms with van der Waals surface area (Å²) in [6.45, 7) is 7.90. The van der Waals surface area contributed by atoms with Crippen LogP contribution in [0.4, 0.5) is 10.5 Å². The Kier molecular flexibility index (Phi) is 5.55. The number of hydrogen-bond donors (Lipinski definition) is 2. The second-order valence-electron chi connectivity index (χ2n) is 8.11. The van der Waals surface area contributed by atoms with Crippen molar-refractivity contribution in [2.24, 2.45) is 0 Å². The van der Waals surface area contributed by atoms with Gasteiger partial charge in [0.25, 0.3) is 5.91 Å². The van der Waals surface area contributed by atoms with Gasteiger partial charge in [0.1, 0.15) is 12.2 Å². The van der Waals surface area contributed by atoms with Crippen LogP contribution in [0, 0.1) is 6.92 Å². The molecule has 1 fully saturated rings. The number of amides is 4. The van der Waals surface area contributed by atoms with E-state index in [1.54, 1.807) is 12.1 Å². The van der Waals surface area contributed by atoms with Crippen LogP contribution in [0.25, 0.3) is 6.08 Å². The van der Waals surface area contributed by atoms with Crippen LogP contribution in [-0.2, 0) is 15.0 Å². The van der Waals surface area contributed by atoms with E-state index in [0.29, 0.717) is 5.69 Å². The number of anilines is 1. The van der Waals surface area contributed by atoms with E-state index >= 15 is 0 Å². The smallest absolute Gasteiger partial charge is 0.324 e. The Morgan fingerprint density at radius 1 is 1.07 bits per heavy atom. The van der Waals surface area contributed by atoms with Crippen LogP contribution >= 0.6 is 0 Å². The highest BCUT2D eigenvalue weighted by Gasteiger charge is 2.35. The average Bonchev–Trinajstić information content (AvgIpc) is 2.91. The minimum atomic E-state index is -0.604. The Morgan fingerprint density at radius 2 is 1.72 bits per heavy atom. The van der Waals surface area contributed by atoms with Crippen molar-refractivity contribution in [2.75, 3.05) is 11.9 Å². The summed E-state index contributed by atoms with van der Waals surface area (Å²) in [5, 5.41) is 5.28. The minimum Gasteiger partial charge on any atom is -0.324 e. The Hall–Kier alpha value is -3.41. The summed E-state index contributed by atoms with van der Waals surface area (Å²) in [6, 6.07) is 14.5. The number of nitrogens with zero attached hydrogens (tertiary/aromatic N) is 1. The molecule has 0 radical (unpaired) electrons. The fourth-order valence-electron chi connectivity index (χ4n) is 3.01. The summed E-state index contributed by atoms with van der Waals surface area (Å²) in [5.74, 6) is -0.951. The van der Waals surface area contributed by atoms with Crippen LogP contribution in [0.2, 0.25) is 0 Å². The predicted octanol–water partition coefficient (Wildman–Crippen LogP) is 3.82. The molecule has 0 atom stereocenters. The zero-order chi connectivity index (χ0) is 21.2. The first-order valence-electron chi connectivity index (χ1n) is 9.46. The molecule has 29 heavy (non-hydrogen) atoms. The van der Waals surface area contributed by atoms with Gasteiger partial charge in [-0.25, -0.2) is 9.69 Å². The lowest BCUT2D eigenvalue weighted by Crippen LogP contribution is -2.38. The highest BCUT2D eigenvalue weighted by atomic mass is 16.2. The quantitative estimate of drug-likeness (QED) is 0.614. The number of urea groups is 1. The van der Waals surface area contributed by atoms with Gasteiger partial charge >= 0.3 is 6.03 Å². The number of nitrogens with one attached hydrogen (secondary N) is 2. The summed E-state index contributed by atoms with van der Waals surface area (Å²) in [7, 11) is 0. The lowest BCUT2D eigenvalue weighted by atomic mass is 9.87.